The van der Waals surface area contributed by atoms with Gasteiger partial charge in [0.25, 0.3) is 6.33 Å². The van der Waals surface area contributed by atoms with Crippen LogP contribution in [0.1, 0.15) is 42.9 Å². The number of aryl methyl sites for hydroxylation is 1. The molecule has 0 saturated carbocycles. The van der Waals surface area contributed by atoms with E-state index >= 15 is 0 Å². The molecule has 4 heterocycles. The number of imidazole rings is 1. The van der Waals surface area contributed by atoms with Crippen LogP contribution in [0.2, 0.25) is 0 Å². The van der Waals surface area contributed by atoms with Gasteiger partial charge in [0.2, 0.25) is 0 Å². The Bertz CT molecular complexity index is 4220. The number of aromatic nitrogens is 4. The normalized spacial score (nSPS) is 13.7. The smallest absolute Gasteiger partial charge is 0.268 e. The zero-order valence-corrected chi connectivity index (χ0v) is 38.1. The molecule has 12 rings (SSSR count). The third-order valence-corrected chi connectivity index (χ3v) is 12.0. The molecule has 66 heavy (non-hydrogen) atoms. The van der Waals surface area contributed by atoms with Crippen molar-refractivity contribution < 1.29 is 45.8 Å². The Morgan fingerprint density at radius 2 is 1.42 bits per heavy atom. The Balaban J connectivity index is 0.00000588. The average molecular weight is 1040 g/mol. The predicted molar refractivity (Wildman–Crippen MR) is 262 cm³/mol. The van der Waals surface area contributed by atoms with Gasteiger partial charge in [0.15, 0.2) is 0 Å². The molecule has 0 aliphatic rings. The molecule has 0 atom stereocenters. The standard InChI is InChI=1S/C59H42N4O2.Pt/c1-38-32-57(60-36-49(38)39-16-6-5-7-17-39)63-51-24-10-8-20-45(51)46-30-29-43(35-54(46)63)64-42-19-14-18-41(34-42)61-37-62(53-26-12-11-25-52(53)61)58-44(22-15-23-50(58)59(2,3)4)40-28-31-56-48(33-40)47-21-9-13-27-55(47)65-56;/h5-33,36H,1-4H3;/q-2;/i1D3,5D,6D,7D,16D,17D;. The largest absolute Gasteiger partial charge is 0.510 e. The Morgan fingerprint density at radius 1 is 0.667 bits per heavy atom. The predicted octanol–water partition coefficient (Wildman–Crippen LogP) is 14.4. The van der Waals surface area contributed by atoms with Crippen LogP contribution in [0.25, 0.3) is 94.2 Å². The maximum absolute atomic E-state index is 8.62. The zero-order chi connectivity index (χ0) is 50.7. The van der Waals surface area contributed by atoms with Crippen LogP contribution in [0.3, 0.4) is 0 Å². The van der Waals surface area contributed by atoms with Crippen LogP contribution in [0.15, 0.2) is 186 Å². The number of hydrogen-bond acceptors (Lipinski definition) is 3. The average Bonchev–Trinajstić information content (AvgIpc) is 4.06. The number of hydrogen-bond donors (Lipinski definition) is 0. The minimum Gasteiger partial charge on any atom is -0.510 e. The van der Waals surface area contributed by atoms with Gasteiger partial charge in [0.05, 0.1) is 23.6 Å². The molecule has 8 aromatic carbocycles. The van der Waals surface area contributed by atoms with Crippen LogP contribution >= 0.6 is 0 Å². The number of benzene rings is 8. The van der Waals surface area contributed by atoms with E-state index in [4.69, 9.17) is 25.1 Å². The molecule has 0 radical (unpaired) electrons. The van der Waals surface area contributed by atoms with Crippen molar-refractivity contribution in [3.8, 4) is 50.9 Å². The first-order valence-corrected chi connectivity index (χ1v) is 21.3. The summed E-state index contributed by atoms with van der Waals surface area (Å²) in [6.07, 6.45) is 4.99. The maximum Gasteiger partial charge on any atom is 0.268 e. The monoisotopic (exact) mass is 1040 g/mol. The number of rotatable bonds is 7. The number of ether oxygens (including phenoxy) is 1. The van der Waals surface area contributed by atoms with E-state index in [9.17, 15) is 0 Å². The van der Waals surface area contributed by atoms with Crippen LogP contribution in [0.5, 0.6) is 11.5 Å². The summed E-state index contributed by atoms with van der Waals surface area (Å²) in [7, 11) is 0. The Hall–Kier alpha value is -7.53. The number of para-hydroxylation sites is 5. The molecule has 0 fully saturated rings. The Labute approximate surface area is 408 Å². The van der Waals surface area contributed by atoms with Gasteiger partial charge in [-0.3, -0.25) is 4.57 Å². The van der Waals surface area contributed by atoms with Gasteiger partial charge in [-0.05, 0) is 81.5 Å². The van der Waals surface area contributed by atoms with Gasteiger partial charge in [0.1, 0.15) is 17.0 Å². The van der Waals surface area contributed by atoms with Crippen molar-refractivity contribution in [2.45, 2.75) is 33.0 Å². The fraction of sp³-hybridized carbons (Fsp3) is 0.0847. The molecule has 0 saturated heterocycles. The van der Waals surface area contributed by atoms with Gasteiger partial charge in [-0.1, -0.05) is 141 Å². The van der Waals surface area contributed by atoms with Gasteiger partial charge >= 0.3 is 0 Å². The van der Waals surface area contributed by atoms with Crippen molar-refractivity contribution in [1.82, 2.24) is 14.1 Å². The molecule has 0 aliphatic carbocycles. The van der Waals surface area contributed by atoms with E-state index in [0.29, 0.717) is 28.2 Å². The third kappa shape index (κ3) is 6.92. The first-order valence-electron chi connectivity index (χ1n) is 25.3. The number of pyridine rings is 1. The second-order valence-electron chi connectivity index (χ2n) is 17.0. The number of nitrogens with zero attached hydrogens (tertiary/aromatic N) is 4. The second kappa shape index (κ2) is 16.2. The fourth-order valence-electron chi connectivity index (χ4n) is 8.99. The SMILES string of the molecule is [2H]c1c([2H])c([2H])c(-c2cnc(-n3c4[c-]c(Oc5[c-]c(-n6[c-][n+](-c7c(-c8ccc9oc%10ccccc%10c9c8)cccc7C(C)(C)C)c7ccccc76)ccc5)ccc4c4ccccc43)cc2C([2H])([2H])[2H])c([2H])c1[2H].[Pt]. The van der Waals surface area contributed by atoms with Gasteiger partial charge in [-0.25, -0.2) is 4.98 Å². The second-order valence-corrected chi connectivity index (χ2v) is 17.0. The Kier molecular flexibility index (Phi) is 8.09. The van der Waals surface area contributed by atoms with Crippen molar-refractivity contribution >= 4 is 54.8 Å². The van der Waals surface area contributed by atoms with E-state index in [-0.39, 0.29) is 49.0 Å². The number of fused-ring (bicyclic) bond motifs is 7. The van der Waals surface area contributed by atoms with Gasteiger partial charge in [0, 0.05) is 64.7 Å². The van der Waals surface area contributed by atoms with Crippen molar-refractivity contribution in [3.63, 3.8) is 0 Å². The molecule has 0 N–H and O–H groups in total. The Morgan fingerprint density at radius 3 is 2.27 bits per heavy atom. The summed E-state index contributed by atoms with van der Waals surface area (Å²) in [6.45, 7) is 3.91. The van der Waals surface area contributed by atoms with E-state index in [2.05, 4.69) is 92.3 Å². The zero-order valence-electron chi connectivity index (χ0n) is 43.9. The summed E-state index contributed by atoms with van der Waals surface area (Å²) in [5.74, 6) is 1.00. The van der Waals surface area contributed by atoms with Crippen LogP contribution in [0, 0.1) is 25.3 Å². The molecule has 0 amide bonds. The molecular formula is C59H42N4O2Pt-2. The van der Waals surface area contributed by atoms with E-state index in [0.717, 1.165) is 66.1 Å². The summed E-state index contributed by atoms with van der Waals surface area (Å²) in [5, 5.41) is 3.77. The van der Waals surface area contributed by atoms with Crippen molar-refractivity contribution in [2.75, 3.05) is 0 Å². The van der Waals surface area contributed by atoms with E-state index in [1.54, 1.807) is 4.57 Å². The van der Waals surface area contributed by atoms with E-state index in [1.807, 2.05) is 95.6 Å². The summed E-state index contributed by atoms with van der Waals surface area (Å²) in [6, 6.07) is 51.8. The summed E-state index contributed by atoms with van der Waals surface area (Å²) in [4.78, 5) is 4.70. The van der Waals surface area contributed by atoms with Crippen LogP contribution in [-0.2, 0) is 26.5 Å². The summed E-state index contributed by atoms with van der Waals surface area (Å²) < 4.78 is 86.2. The first kappa shape index (κ1) is 33.0. The van der Waals surface area contributed by atoms with Crippen LogP contribution in [-0.4, -0.2) is 14.1 Å². The number of furan rings is 1. The fourth-order valence-corrected chi connectivity index (χ4v) is 8.99. The third-order valence-electron chi connectivity index (χ3n) is 12.0. The summed E-state index contributed by atoms with van der Waals surface area (Å²) >= 11 is 0. The van der Waals surface area contributed by atoms with Crippen LogP contribution in [0.4, 0.5) is 0 Å². The molecule has 0 aliphatic heterocycles. The first-order chi connectivity index (χ1) is 35.0. The molecule has 12 aromatic rings. The van der Waals surface area contributed by atoms with Gasteiger partial charge < -0.3 is 18.3 Å². The topological polar surface area (TPSA) is 49.0 Å². The maximum atomic E-state index is 8.62. The van der Waals surface area contributed by atoms with Crippen molar-refractivity contribution in [3.05, 3.63) is 212 Å². The molecule has 0 spiro atoms. The molecule has 6 nitrogen and oxygen atoms in total. The molecular weight excluding hydrogens is 992 g/mol. The minimum absolute atomic E-state index is 0. The molecule has 0 unspecified atom stereocenters. The minimum atomic E-state index is -2.75. The molecule has 7 heteroatoms. The van der Waals surface area contributed by atoms with Crippen molar-refractivity contribution in [2.24, 2.45) is 0 Å². The summed E-state index contributed by atoms with van der Waals surface area (Å²) in [5.41, 5.74) is 8.93. The van der Waals surface area contributed by atoms with E-state index in [1.165, 1.54) is 12.3 Å². The van der Waals surface area contributed by atoms with Crippen LogP contribution < -0.4 is 9.30 Å². The quantitative estimate of drug-likeness (QED) is 0.118. The van der Waals surface area contributed by atoms with Gasteiger partial charge in [-0.2, -0.15) is 18.2 Å². The van der Waals surface area contributed by atoms with Crippen molar-refractivity contribution in [1.29, 1.82) is 0 Å². The van der Waals surface area contributed by atoms with Gasteiger partial charge in [-0.15, -0.1) is 29.7 Å². The van der Waals surface area contributed by atoms with E-state index < -0.39 is 37.1 Å². The molecule has 0 bridgehead atoms. The molecule has 4 aromatic heterocycles. The molecule has 322 valence electrons.